The largest absolute Gasteiger partial charge is 0.310 e. The van der Waals surface area contributed by atoms with Gasteiger partial charge in [0, 0.05) is 16.8 Å². The molecule has 232 valence electrons. The molecule has 50 heavy (non-hydrogen) atoms. The van der Waals surface area contributed by atoms with Gasteiger partial charge in [0.2, 0.25) is 0 Å². The van der Waals surface area contributed by atoms with Crippen LogP contribution in [0.1, 0.15) is 22.3 Å². The molecule has 0 radical (unpaired) electrons. The van der Waals surface area contributed by atoms with Crippen molar-refractivity contribution < 1.29 is 0 Å². The molecule has 0 heterocycles. The van der Waals surface area contributed by atoms with Crippen molar-refractivity contribution in [1.29, 1.82) is 0 Å². The number of benzene rings is 9. The Morgan fingerprint density at radius 1 is 0.300 bits per heavy atom. The second-order valence-corrected chi connectivity index (χ2v) is 13.6. The molecule has 0 unspecified atom stereocenters. The highest BCUT2D eigenvalue weighted by Gasteiger charge is 2.51. The molecule has 0 saturated heterocycles. The standard InChI is InChI=1S/C49H31N/c1-2-15-32(16-3-1)50(47-28-14-24-41-36-18-5-4-17-34(36)35-19-6-7-23-40(35)48(41)47)33-29-30-46-42(31-33)39-22-10-13-27-45(39)49(46)43-25-11-8-20-37(43)38-21-9-12-26-44(38)49/h1-31H. The summed E-state index contributed by atoms with van der Waals surface area (Å²) in [6, 6.07) is 69.7. The fourth-order valence-electron chi connectivity index (χ4n) is 9.35. The molecular weight excluding hydrogens is 603 g/mol. The van der Waals surface area contributed by atoms with Gasteiger partial charge in [0.1, 0.15) is 0 Å². The number of nitrogens with zero attached hydrogens (tertiary/aromatic N) is 1. The van der Waals surface area contributed by atoms with E-state index in [1.54, 1.807) is 0 Å². The molecule has 0 saturated carbocycles. The van der Waals surface area contributed by atoms with Crippen LogP contribution in [-0.2, 0) is 5.41 Å². The van der Waals surface area contributed by atoms with Crippen molar-refractivity contribution in [3.8, 4) is 22.3 Å². The van der Waals surface area contributed by atoms with Gasteiger partial charge in [0.15, 0.2) is 0 Å². The summed E-state index contributed by atoms with van der Waals surface area (Å²) in [7, 11) is 0. The molecule has 0 aromatic heterocycles. The van der Waals surface area contributed by atoms with E-state index >= 15 is 0 Å². The Morgan fingerprint density at radius 2 is 0.740 bits per heavy atom. The zero-order valence-corrected chi connectivity index (χ0v) is 27.3. The van der Waals surface area contributed by atoms with Gasteiger partial charge in [0.05, 0.1) is 11.1 Å². The van der Waals surface area contributed by atoms with E-state index in [4.69, 9.17) is 0 Å². The summed E-state index contributed by atoms with van der Waals surface area (Å²) in [5.74, 6) is 0. The molecule has 0 amide bonds. The van der Waals surface area contributed by atoms with E-state index in [9.17, 15) is 0 Å². The van der Waals surface area contributed by atoms with Crippen molar-refractivity contribution >= 4 is 49.4 Å². The molecule has 0 bridgehead atoms. The quantitative estimate of drug-likeness (QED) is 0.175. The van der Waals surface area contributed by atoms with E-state index in [1.165, 1.54) is 82.5 Å². The molecule has 2 aliphatic carbocycles. The number of para-hydroxylation sites is 1. The molecule has 0 N–H and O–H groups in total. The average Bonchev–Trinajstić information content (AvgIpc) is 3.66. The Morgan fingerprint density at radius 3 is 1.34 bits per heavy atom. The van der Waals surface area contributed by atoms with Gasteiger partial charge in [-0.05, 0) is 102 Å². The van der Waals surface area contributed by atoms with E-state index < -0.39 is 0 Å². The molecule has 0 aliphatic heterocycles. The Kier molecular flexibility index (Phi) is 5.66. The van der Waals surface area contributed by atoms with Gasteiger partial charge in [-0.15, -0.1) is 0 Å². The molecule has 1 heteroatoms. The maximum atomic E-state index is 2.47. The topological polar surface area (TPSA) is 3.24 Å². The lowest BCUT2D eigenvalue weighted by Gasteiger charge is -2.31. The Balaban J connectivity index is 1.22. The molecular formula is C49H31N. The summed E-state index contributed by atoms with van der Waals surface area (Å²) in [5.41, 5.74) is 13.8. The van der Waals surface area contributed by atoms with E-state index in [-0.39, 0.29) is 5.41 Å². The Bertz CT molecular complexity index is 2740. The van der Waals surface area contributed by atoms with Gasteiger partial charge in [-0.2, -0.15) is 0 Å². The van der Waals surface area contributed by atoms with Gasteiger partial charge in [0.25, 0.3) is 0 Å². The van der Waals surface area contributed by atoms with Gasteiger partial charge < -0.3 is 4.90 Å². The van der Waals surface area contributed by atoms with Crippen molar-refractivity contribution in [2.24, 2.45) is 0 Å². The minimum absolute atomic E-state index is 0.357. The summed E-state index contributed by atoms with van der Waals surface area (Å²) in [6.45, 7) is 0. The first-order chi connectivity index (χ1) is 24.8. The zero-order valence-electron chi connectivity index (χ0n) is 27.3. The summed E-state index contributed by atoms with van der Waals surface area (Å²) in [6.07, 6.45) is 0. The van der Waals surface area contributed by atoms with E-state index in [1.807, 2.05) is 0 Å². The number of rotatable bonds is 3. The first kappa shape index (κ1) is 27.5. The smallest absolute Gasteiger partial charge is 0.0725 e. The summed E-state index contributed by atoms with van der Waals surface area (Å²) < 4.78 is 0. The van der Waals surface area contributed by atoms with Crippen molar-refractivity contribution in [2.75, 3.05) is 4.90 Å². The first-order valence-electron chi connectivity index (χ1n) is 17.5. The van der Waals surface area contributed by atoms with Crippen LogP contribution in [0.5, 0.6) is 0 Å². The average molecular weight is 634 g/mol. The lowest BCUT2D eigenvalue weighted by molar-refractivity contribution is 0.794. The predicted octanol–water partition coefficient (Wildman–Crippen LogP) is 13.0. The van der Waals surface area contributed by atoms with E-state index in [2.05, 4.69) is 193 Å². The van der Waals surface area contributed by atoms with Gasteiger partial charge in [-0.25, -0.2) is 0 Å². The number of anilines is 3. The highest BCUT2D eigenvalue weighted by atomic mass is 15.1. The zero-order chi connectivity index (χ0) is 32.8. The number of fused-ring (bicyclic) bond motifs is 16. The highest BCUT2D eigenvalue weighted by Crippen LogP contribution is 2.63. The molecule has 1 spiro atoms. The van der Waals surface area contributed by atoms with Crippen LogP contribution < -0.4 is 4.90 Å². The van der Waals surface area contributed by atoms with E-state index in [0.717, 1.165) is 11.4 Å². The van der Waals surface area contributed by atoms with Crippen molar-refractivity contribution in [2.45, 2.75) is 5.41 Å². The number of hydrogen-bond donors (Lipinski definition) is 0. The SMILES string of the molecule is c1ccc(N(c2ccc3c(c2)-c2ccccc2C32c3ccccc3-c3ccccc32)c2cccc3c4ccccc4c4ccccc4c23)cc1. The minimum atomic E-state index is -0.357. The second kappa shape index (κ2) is 10.3. The molecule has 1 nitrogen and oxygen atoms in total. The molecule has 9 aromatic rings. The molecule has 9 aromatic carbocycles. The van der Waals surface area contributed by atoms with Crippen molar-refractivity contribution in [1.82, 2.24) is 0 Å². The molecule has 0 fully saturated rings. The van der Waals surface area contributed by atoms with Crippen LogP contribution in [0.2, 0.25) is 0 Å². The van der Waals surface area contributed by atoms with E-state index in [0.29, 0.717) is 0 Å². The van der Waals surface area contributed by atoms with Crippen LogP contribution in [0.3, 0.4) is 0 Å². The second-order valence-electron chi connectivity index (χ2n) is 13.6. The monoisotopic (exact) mass is 633 g/mol. The third-order valence-corrected chi connectivity index (χ3v) is 11.2. The normalized spacial score (nSPS) is 13.4. The van der Waals surface area contributed by atoms with Gasteiger partial charge >= 0.3 is 0 Å². The Labute approximate surface area is 291 Å². The minimum Gasteiger partial charge on any atom is -0.310 e. The van der Waals surface area contributed by atoms with Crippen molar-refractivity contribution in [3.63, 3.8) is 0 Å². The van der Waals surface area contributed by atoms with Crippen LogP contribution in [-0.4, -0.2) is 0 Å². The third kappa shape index (κ3) is 3.51. The third-order valence-electron chi connectivity index (χ3n) is 11.2. The first-order valence-corrected chi connectivity index (χ1v) is 17.5. The van der Waals surface area contributed by atoms with Gasteiger partial charge in [-0.3, -0.25) is 0 Å². The molecule has 11 rings (SSSR count). The number of hydrogen-bond acceptors (Lipinski definition) is 1. The maximum absolute atomic E-state index is 2.47. The fraction of sp³-hybridized carbons (Fsp3) is 0.0204. The Hall–Kier alpha value is -6.44. The van der Waals surface area contributed by atoms with Crippen LogP contribution in [0.4, 0.5) is 17.1 Å². The molecule has 2 aliphatic rings. The summed E-state index contributed by atoms with van der Waals surface area (Å²) in [5, 5.41) is 7.64. The highest BCUT2D eigenvalue weighted by molar-refractivity contribution is 6.28. The fourth-order valence-corrected chi connectivity index (χ4v) is 9.35. The lowest BCUT2D eigenvalue weighted by atomic mass is 9.70. The molecule has 0 atom stereocenters. The van der Waals surface area contributed by atoms with Crippen LogP contribution in [0.15, 0.2) is 188 Å². The lowest BCUT2D eigenvalue weighted by Crippen LogP contribution is -2.25. The summed E-state index contributed by atoms with van der Waals surface area (Å²) >= 11 is 0. The van der Waals surface area contributed by atoms with Crippen LogP contribution >= 0.6 is 0 Å². The van der Waals surface area contributed by atoms with Crippen molar-refractivity contribution in [3.05, 3.63) is 210 Å². The predicted molar refractivity (Wildman–Crippen MR) is 210 cm³/mol. The maximum Gasteiger partial charge on any atom is 0.0725 e. The van der Waals surface area contributed by atoms with Gasteiger partial charge in [-0.1, -0.05) is 158 Å². The van der Waals surface area contributed by atoms with Crippen LogP contribution in [0, 0.1) is 0 Å². The van der Waals surface area contributed by atoms with Crippen LogP contribution in [0.25, 0.3) is 54.6 Å². The summed E-state index contributed by atoms with van der Waals surface area (Å²) in [4.78, 5) is 2.47.